The molecule has 0 atom stereocenters. The van der Waals surface area contributed by atoms with Gasteiger partial charge in [0.15, 0.2) is 5.12 Å². The quantitative estimate of drug-likeness (QED) is 0.657. The topological polar surface area (TPSA) is 35.5 Å². The number of hydrogen-bond acceptors (Lipinski definition) is 4. The number of hydrogen-bond donors (Lipinski definition) is 0. The van der Waals surface area contributed by atoms with Crippen LogP contribution in [0.1, 0.15) is 40.2 Å². The molecule has 24 heavy (non-hydrogen) atoms. The zero-order valence-corrected chi connectivity index (χ0v) is 16.9. The molecule has 0 aliphatic carbocycles. The third kappa shape index (κ3) is 4.31. The lowest BCUT2D eigenvalue weighted by atomic mass is 9.78. The first kappa shape index (κ1) is 19.7. The van der Waals surface area contributed by atoms with E-state index < -0.39 is 18.3 Å². The van der Waals surface area contributed by atoms with E-state index in [0.29, 0.717) is 15.8 Å². The van der Waals surface area contributed by atoms with Crippen molar-refractivity contribution in [2.75, 3.05) is 5.75 Å². The molecule has 0 amide bonds. The SMILES string of the molecule is CC(=O)SCC(=Cc1c(F)cccc1Br)B1OC(C)(C)C(C)(C)O1. The summed E-state index contributed by atoms with van der Waals surface area (Å²) in [5, 5.41) is -0.00924. The predicted molar refractivity (Wildman–Crippen MR) is 101 cm³/mol. The standard InChI is InChI=1S/C17H21BBrFO3S/c1-11(21)24-10-12(9-13-14(19)7-6-8-15(13)20)18-22-16(2,3)17(4,5)23-18/h6-9H,10H2,1-5H3. The maximum atomic E-state index is 14.2. The fourth-order valence-corrected chi connectivity index (χ4v) is 3.24. The van der Waals surface area contributed by atoms with Gasteiger partial charge in [-0.2, -0.15) is 0 Å². The first-order valence-electron chi connectivity index (χ1n) is 7.67. The van der Waals surface area contributed by atoms with E-state index in [0.717, 1.165) is 17.2 Å². The molecular weight excluding hydrogens is 394 g/mol. The molecule has 1 aromatic carbocycles. The van der Waals surface area contributed by atoms with E-state index in [1.54, 1.807) is 18.2 Å². The lowest BCUT2D eigenvalue weighted by Crippen LogP contribution is -2.41. The average Bonchev–Trinajstić information content (AvgIpc) is 2.65. The van der Waals surface area contributed by atoms with Crippen LogP contribution in [-0.2, 0) is 14.1 Å². The molecule has 1 aliphatic rings. The van der Waals surface area contributed by atoms with Crippen molar-refractivity contribution < 1.29 is 18.5 Å². The minimum absolute atomic E-state index is 0.00924. The average molecular weight is 415 g/mol. The molecule has 130 valence electrons. The van der Waals surface area contributed by atoms with E-state index in [-0.39, 0.29) is 10.9 Å². The summed E-state index contributed by atoms with van der Waals surface area (Å²) in [7, 11) is -0.617. The van der Waals surface area contributed by atoms with Crippen LogP contribution in [0.4, 0.5) is 4.39 Å². The van der Waals surface area contributed by atoms with Crippen LogP contribution in [0.2, 0.25) is 0 Å². The van der Waals surface area contributed by atoms with Crippen molar-refractivity contribution >= 4 is 46.0 Å². The van der Waals surface area contributed by atoms with E-state index in [4.69, 9.17) is 9.31 Å². The maximum Gasteiger partial charge on any atom is 0.491 e. The van der Waals surface area contributed by atoms with Gasteiger partial charge in [0, 0.05) is 22.7 Å². The fraction of sp³-hybridized carbons (Fsp3) is 0.471. The van der Waals surface area contributed by atoms with Gasteiger partial charge < -0.3 is 9.31 Å². The maximum absolute atomic E-state index is 14.2. The van der Waals surface area contributed by atoms with Crippen molar-refractivity contribution in [1.29, 1.82) is 0 Å². The Morgan fingerprint density at radius 3 is 2.38 bits per heavy atom. The summed E-state index contributed by atoms with van der Waals surface area (Å²) in [6.07, 6.45) is 1.71. The first-order chi connectivity index (χ1) is 11.0. The van der Waals surface area contributed by atoms with E-state index in [1.165, 1.54) is 13.0 Å². The second kappa shape index (κ2) is 7.32. The van der Waals surface area contributed by atoms with Gasteiger partial charge >= 0.3 is 7.12 Å². The van der Waals surface area contributed by atoms with Gasteiger partial charge in [0.05, 0.1) is 11.2 Å². The summed E-state index contributed by atoms with van der Waals surface area (Å²) in [6, 6.07) is 4.81. The third-order valence-corrected chi connectivity index (χ3v) is 5.90. The van der Waals surface area contributed by atoms with E-state index in [2.05, 4.69) is 15.9 Å². The molecule has 1 fully saturated rings. The Kier molecular flexibility index (Phi) is 6.01. The minimum atomic E-state index is -0.617. The molecule has 0 radical (unpaired) electrons. The zero-order valence-electron chi connectivity index (χ0n) is 14.5. The van der Waals surface area contributed by atoms with Crippen molar-refractivity contribution in [3.63, 3.8) is 0 Å². The number of rotatable bonds is 4. The Bertz CT molecular complexity index is 640. The van der Waals surface area contributed by atoms with Gasteiger partial charge in [0.2, 0.25) is 0 Å². The molecule has 7 heteroatoms. The Labute approximate surface area is 155 Å². The molecule has 0 N–H and O–H groups in total. The normalized spacial score (nSPS) is 19.6. The van der Waals surface area contributed by atoms with Crippen LogP contribution in [0.15, 0.2) is 28.1 Å². The van der Waals surface area contributed by atoms with Crippen molar-refractivity contribution in [3.05, 3.63) is 39.5 Å². The van der Waals surface area contributed by atoms with Crippen LogP contribution in [0.3, 0.4) is 0 Å². The van der Waals surface area contributed by atoms with Crippen molar-refractivity contribution in [3.8, 4) is 0 Å². The van der Waals surface area contributed by atoms with Crippen LogP contribution in [-0.4, -0.2) is 29.2 Å². The summed E-state index contributed by atoms with van der Waals surface area (Å²) < 4.78 is 26.9. The summed E-state index contributed by atoms with van der Waals surface area (Å²) >= 11 is 4.52. The predicted octanol–water partition coefficient (Wildman–Crippen LogP) is 4.88. The molecule has 0 spiro atoms. The summed E-state index contributed by atoms with van der Waals surface area (Å²) in [5.74, 6) is 0.0404. The Morgan fingerprint density at radius 2 is 1.88 bits per heavy atom. The van der Waals surface area contributed by atoms with Gasteiger partial charge in [-0.15, -0.1) is 0 Å². The second-order valence-electron chi connectivity index (χ2n) is 6.72. The smallest absolute Gasteiger partial charge is 0.400 e. The van der Waals surface area contributed by atoms with Gasteiger partial charge in [0.1, 0.15) is 5.82 Å². The van der Waals surface area contributed by atoms with Crippen molar-refractivity contribution in [2.24, 2.45) is 0 Å². The highest BCUT2D eigenvalue weighted by Gasteiger charge is 2.52. The van der Waals surface area contributed by atoms with Crippen LogP contribution in [0.25, 0.3) is 6.08 Å². The summed E-state index contributed by atoms with van der Waals surface area (Å²) in [4.78, 5) is 11.4. The van der Waals surface area contributed by atoms with Gasteiger partial charge in [-0.25, -0.2) is 4.39 Å². The summed E-state index contributed by atoms with van der Waals surface area (Å²) in [6.45, 7) is 9.35. The molecule has 1 aliphatic heterocycles. The lowest BCUT2D eigenvalue weighted by Gasteiger charge is -2.32. The highest BCUT2D eigenvalue weighted by atomic mass is 79.9. The van der Waals surface area contributed by atoms with E-state index in [9.17, 15) is 9.18 Å². The minimum Gasteiger partial charge on any atom is -0.400 e. The number of benzene rings is 1. The number of halogens is 2. The largest absolute Gasteiger partial charge is 0.491 e. The first-order valence-corrected chi connectivity index (χ1v) is 9.45. The van der Waals surface area contributed by atoms with E-state index >= 15 is 0 Å². The monoisotopic (exact) mass is 414 g/mol. The van der Waals surface area contributed by atoms with Crippen LogP contribution in [0.5, 0.6) is 0 Å². The van der Waals surface area contributed by atoms with Crippen molar-refractivity contribution in [2.45, 2.75) is 45.8 Å². The van der Waals surface area contributed by atoms with Gasteiger partial charge in [-0.1, -0.05) is 39.8 Å². The van der Waals surface area contributed by atoms with Gasteiger partial charge in [-0.3, -0.25) is 4.79 Å². The third-order valence-electron chi connectivity index (χ3n) is 4.33. The molecule has 2 rings (SSSR count). The van der Waals surface area contributed by atoms with Gasteiger partial charge in [0.25, 0.3) is 0 Å². The number of carbonyl (C=O) groups is 1. The zero-order chi connectivity index (χ0) is 18.1. The van der Waals surface area contributed by atoms with Gasteiger partial charge in [-0.05, 0) is 45.3 Å². The molecule has 1 saturated heterocycles. The summed E-state index contributed by atoms with van der Waals surface area (Å²) in [5.41, 5.74) is 0.153. The number of thioether (sulfide) groups is 1. The van der Waals surface area contributed by atoms with Crippen molar-refractivity contribution in [1.82, 2.24) is 0 Å². The Morgan fingerprint density at radius 1 is 1.29 bits per heavy atom. The van der Waals surface area contributed by atoms with Crippen LogP contribution in [0, 0.1) is 5.82 Å². The van der Waals surface area contributed by atoms with E-state index in [1.807, 2.05) is 27.7 Å². The lowest BCUT2D eigenvalue weighted by molar-refractivity contribution is -0.109. The van der Waals surface area contributed by atoms with Crippen LogP contribution < -0.4 is 0 Å². The second-order valence-corrected chi connectivity index (χ2v) is 8.73. The molecule has 1 heterocycles. The van der Waals surface area contributed by atoms with Crippen LogP contribution >= 0.6 is 27.7 Å². The highest BCUT2D eigenvalue weighted by Crippen LogP contribution is 2.39. The molecular formula is C17H21BBrFO3S. The number of carbonyl (C=O) groups excluding carboxylic acids is 1. The molecule has 3 nitrogen and oxygen atoms in total. The molecule has 1 aromatic rings. The molecule has 0 bridgehead atoms. The Balaban J connectivity index is 2.39. The molecule has 0 saturated carbocycles. The molecule has 0 aromatic heterocycles. The highest BCUT2D eigenvalue weighted by molar-refractivity contribution is 9.10. The fourth-order valence-electron chi connectivity index (χ4n) is 2.19. The molecule has 0 unspecified atom stereocenters. The Hall–Kier alpha value is -0.625.